The van der Waals surface area contributed by atoms with E-state index < -0.39 is 6.04 Å². The molecule has 0 aliphatic carbocycles. The summed E-state index contributed by atoms with van der Waals surface area (Å²) in [5.74, 6) is 0.462. The molecule has 1 aliphatic rings. The van der Waals surface area contributed by atoms with Crippen molar-refractivity contribution in [1.82, 2.24) is 4.98 Å². The number of amides is 1. The maximum absolute atomic E-state index is 12.0. The van der Waals surface area contributed by atoms with Crippen molar-refractivity contribution in [3.05, 3.63) is 46.6 Å². The number of benzene rings is 1. The van der Waals surface area contributed by atoms with Gasteiger partial charge in [-0.25, -0.2) is 4.98 Å². The van der Waals surface area contributed by atoms with Crippen molar-refractivity contribution in [2.75, 3.05) is 17.7 Å². The summed E-state index contributed by atoms with van der Waals surface area (Å²) in [7, 11) is 1.56. The van der Waals surface area contributed by atoms with Crippen molar-refractivity contribution < 1.29 is 9.53 Å². The fourth-order valence-electron chi connectivity index (χ4n) is 2.13. The van der Waals surface area contributed by atoms with Crippen LogP contribution in [0, 0.1) is 0 Å². The fourth-order valence-corrected chi connectivity index (χ4v) is 2.51. The molecule has 5 nitrogen and oxygen atoms in total. The van der Waals surface area contributed by atoms with E-state index in [4.69, 9.17) is 4.74 Å². The Kier molecular flexibility index (Phi) is 3.31. The number of pyridine rings is 1. The SMILES string of the molecule is COc1ccc(NC2C(=O)Nc3ccc(Br)cc32)cn1. The van der Waals surface area contributed by atoms with Crippen molar-refractivity contribution >= 4 is 33.2 Å². The molecule has 1 aromatic carbocycles. The molecular formula is C14H12BrN3O2. The molecule has 1 aromatic heterocycles. The van der Waals surface area contributed by atoms with Crippen molar-refractivity contribution in [2.24, 2.45) is 0 Å². The van der Waals surface area contributed by atoms with Gasteiger partial charge in [-0.05, 0) is 24.3 Å². The molecule has 3 rings (SSSR count). The summed E-state index contributed by atoms with van der Waals surface area (Å²) in [6.45, 7) is 0. The highest BCUT2D eigenvalue weighted by Crippen LogP contribution is 2.35. The van der Waals surface area contributed by atoms with Gasteiger partial charge in [0.05, 0.1) is 19.0 Å². The van der Waals surface area contributed by atoms with Crippen LogP contribution in [0.3, 0.4) is 0 Å². The zero-order chi connectivity index (χ0) is 14.1. The number of hydrogen-bond acceptors (Lipinski definition) is 4. The van der Waals surface area contributed by atoms with E-state index in [0.29, 0.717) is 5.88 Å². The molecule has 0 fully saturated rings. The van der Waals surface area contributed by atoms with Gasteiger partial charge in [0.2, 0.25) is 5.88 Å². The zero-order valence-corrected chi connectivity index (χ0v) is 12.3. The average molecular weight is 334 g/mol. The number of carbonyl (C=O) groups excluding carboxylic acids is 1. The second-order valence-electron chi connectivity index (χ2n) is 4.39. The van der Waals surface area contributed by atoms with Gasteiger partial charge >= 0.3 is 0 Å². The first-order valence-electron chi connectivity index (χ1n) is 6.04. The lowest BCUT2D eigenvalue weighted by molar-refractivity contribution is -0.116. The Balaban J connectivity index is 1.87. The summed E-state index contributed by atoms with van der Waals surface area (Å²) in [6, 6.07) is 8.87. The van der Waals surface area contributed by atoms with Crippen LogP contribution >= 0.6 is 15.9 Å². The summed E-state index contributed by atoms with van der Waals surface area (Å²) in [5.41, 5.74) is 2.51. The molecule has 1 atom stereocenters. The van der Waals surface area contributed by atoms with Crippen molar-refractivity contribution in [2.45, 2.75) is 6.04 Å². The molecule has 20 heavy (non-hydrogen) atoms. The van der Waals surface area contributed by atoms with Gasteiger partial charge in [0.1, 0.15) is 6.04 Å². The first-order valence-corrected chi connectivity index (χ1v) is 6.83. The van der Waals surface area contributed by atoms with Crippen LogP contribution in [0.2, 0.25) is 0 Å². The van der Waals surface area contributed by atoms with Gasteiger partial charge < -0.3 is 15.4 Å². The normalized spacial score (nSPS) is 16.5. The Bertz CT molecular complexity index is 658. The molecule has 0 bridgehead atoms. The number of methoxy groups -OCH3 is 1. The maximum Gasteiger partial charge on any atom is 0.251 e. The minimum atomic E-state index is -0.419. The Morgan fingerprint density at radius 1 is 1.35 bits per heavy atom. The van der Waals surface area contributed by atoms with Crippen LogP contribution in [0.4, 0.5) is 11.4 Å². The number of aromatic nitrogens is 1. The van der Waals surface area contributed by atoms with Crippen LogP contribution in [0.15, 0.2) is 41.0 Å². The molecule has 0 saturated carbocycles. The molecule has 2 aromatic rings. The molecule has 2 heterocycles. The Hall–Kier alpha value is -2.08. The number of halogens is 1. The van der Waals surface area contributed by atoms with E-state index in [9.17, 15) is 4.79 Å². The second kappa shape index (κ2) is 5.13. The number of anilines is 2. The number of nitrogens with one attached hydrogen (secondary N) is 2. The second-order valence-corrected chi connectivity index (χ2v) is 5.30. The fraction of sp³-hybridized carbons (Fsp3) is 0.143. The number of fused-ring (bicyclic) bond motifs is 1. The maximum atomic E-state index is 12.0. The lowest BCUT2D eigenvalue weighted by atomic mass is 10.1. The van der Waals surface area contributed by atoms with Crippen LogP contribution in [-0.4, -0.2) is 18.0 Å². The topological polar surface area (TPSA) is 63.2 Å². The van der Waals surface area contributed by atoms with Crippen molar-refractivity contribution in [3.63, 3.8) is 0 Å². The molecule has 6 heteroatoms. The monoisotopic (exact) mass is 333 g/mol. The van der Waals surface area contributed by atoms with E-state index in [1.54, 1.807) is 19.4 Å². The molecule has 2 N–H and O–H groups in total. The standard InChI is InChI=1S/C14H12BrN3O2/c1-20-12-5-3-9(7-16-12)17-13-10-6-8(15)2-4-11(10)18-14(13)19/h2-7,13,17H,1H3,(H,18,19). The van der Waals surface area contributed by atoms with E-state index >= 15 is 0 Å². The molecular weight excluding hydrogens is 322 g/mol. The van der Waals surface area contributed by atoms with Gasteiger partial charge in [-0.1, -0.05) is 15.9 Å². The molecule has 0 radical (unpaired) electrons. The summed E-state index contributed by atoms with van der Waals surface area (Å²) >= 11 is 3.42. The van der Waals surface area contributed by atoms with Gasteiger partial charge in [0.25, 0.3) is 5.91 Å². The van der Waals surface area contributed by atoms with Crippen molar-refractivity contribution in [3.8, 4) is 5.88 Å². The summed E-state index contributed by atoms with van der Waals surface area (Å²) < 4.78 is 5.95. The summed E-state index contributed by atoms with van der Waals surface area (Å²) in [6.07, 6.45) is 1.64. The number of rotatable bonds is 3. The number of ether oxygens (including phenoxy) is 1. The van der Waals surface area contributed by atoms with E-state index in [1.807, 2.05) is 24.3 Å². The lowest BCUT2D eigenvalue weighted by Gasteiger charge is -2.13. The number of nitrogens with zero attached hydrogens (tertiary/aromatic N) is 1. The first-order chi connectivity index (χ1) is 9.67. The van der Waals surface area contributed by atoms with Crippen molar-refractivity contribution in [1.29, 1.82) is 0 Å². The Morgan fingerprint density at radius 2 is 2.20 bits per heavy atom. The van der Waals surface area contributed by atoms with Gasteiger partial charge in [0.15, 0.2) is 0 Å². The van der Waals surface area contributed by atoms with Crippen LogP contribution in [0.5, 0.6) is 5.88 Å². The largest absolute Gasteiger partial charge is 0.481 e. The third kappa shape index (κ3) is 2.34. The van der Waals surface area contributed by atoms with Crippen LogP contribution in [-0.2, 0) is 4.79 Å². The predicted molar refractivity (Wildman–Crippen MR) is 79.9 cm³/mol. The molecule has 1 unspecified atom stereocenters. The highest BCUT2D eigenvalue weighted by Gasteiger charge is 2.30. The third-order valence-electron chi connectivity index (χ3n) is 3.10. The number of hydrogen-bond donors (Lipinski definition) is 2. The van der Waals surface area contributed by atoms with E-state index in [0.717, 1.165) is 21.4 Å². The quantitative estimate of drug-likeness (QED) is 0.906. The van der Waals surface area contributed by atoms with Crippen LogP contribution in [0.25, 0.3) is 0 Å². The van der Waals surface area contributed by atoms with Crippen LogP contribution < -0.4 is 15.4 Å². The molecule has 0 saturated heterocycles. The summed E-state index contributed by atoms with van der Waals surface area (Å²) in [4.78, 5) is 16.1. The molecule has 1 amide bonds. The smallest absolute Gasteiger partial charge is 0.251 e. The molecule has 1 aliphatic heterocycles. The van der Waals surface area contributed by atoms with Gasteiger partial charge in [-0.2, -0.15) is 0 Å². The average Bonchev–Trinajstić information content (AvgIpc) is 2.76. The Labute approximate surface area is 124 Å². The molecule has 102 valence electrons. The molecule has 0 spiro atoms. The highest BCUT2D eigenvalue weighted by atomic mass is 79.9. The Morgan fingerprint density at radius 3 is 2.90 bits per heavy atom. The van der Waals surface area contributed by atoms with Crippen LogP contribution in [0.1, 0.15) is 11.6 Å². The number of carbonyl (C=O) groups is 1. The lowest BCUT2D eigenvalue weighted by Crippen LogP contribution is -2.19. The van der Waals surface area contributed by atoms with E-state index in [1.165, 1.54) is 0 Å². The van der Waals surface area contributed by atoms with E-state index in [-0.39, 0.29) is 5.91 Å². The third-order valence-corrected chi connectivity index (χ3v) is 3.59. The van der Waals surface area contributed by atoms with Gasteiger partial charge in [-0.15, -0.1) is 0 Å². The first kappa shape index (κ1) is 12.9. The van der Waals surface area contributed by atoms with E-state index in [2.05, 4.69) is 31.5 Å². The highest BCUT2D eigenvalue weighted by molar-refractivity contribution is 9.10. The predicted octanol–water partition coefficient (Wildman–Crippen LogP) is 2.96. The zero-order valence-electron chi connectivity index (χ0n) is 10.7. The minimum absolute atomic E-state index is 0.0751. The van der Waals surface area contributed by atoms with Gasteiger partial charge in [-0.3, -0.25) is 4.79 Å². The van der Waals surface area contributed by atoms with Gasteiger partial charge in [0, 0.05) is 21.8 Å². The summed E-state index contributed by atoms with van der Waals surface area (Å²) in [5, 5.41) is 6.02. The minimum Gasteiger partial charge on any atom is -0.481 e.